The van der Waals surface area contributed by atoms with E-state index in [-0.39, 0.29) is 5.69 Å². The molecule has 0 saturated heterocycles. The predicted molar refractivity (Wildman–Crippen MR) is 119 cm³/mol. The molecule has 150 valence electrons. The molecule has 0 N–H and O–H groups in total. The van der Waals surface area contributed by atoms with Gasteiger partial charge in [0.2, 0.25) is 4.80 Å². The molecular formula is C22H18N4O3S. The summed E-state index contributed by atoms with van der Waals surface area (Å²) >= 11 is 1.44. The first-order valence-electron chi connectivity index (χ1n) is 9.14. The molecule has 4 aromatic rings. The van der Waals surface area contributed by atoms with E-state index in [9.17, 15) is 10.1 Å². The zero-order valence-corrected chi connectivity index (χ0v) is 17.0. The van der Waals surface area contributed by atoms with Crippen molar-refractivity contribution in [3.05, 3.63) is 92.6 Å². The Morgan fingerprint density at radius 2 is 2.10 bits per heavy atom. The highest BCUT2D eigenvalue weighted by Crippen LogP contribution is 2.28. The molecule has 0 aliphatic carbocycles. The lowest BCUT2D eigenvalue weighted by molar-refractivity contribution is -0.384. The SMILES string of the molecule is C=C(C)CN=c1scc(-c2cc3ccccc3o2)n1N=Cc1cccc([N+](=O)[O-])c1. The van der Waals surface area contributed by atoms with Gasteiger partial charge in [-0.3, -0.25) is 15.1 Å². The largest absolute Gasteiger partial charge is 0.454 e. The summed E-state index contributed by atoms with van der Waals surface area (Å²) in [4.78, 5) is 15.9. The lowest BCUT2D eigenvalue weighted by atomic mass is 10.2. The van der Waals surface area contributed by atoms with Gasteiger partial charge in [-0.2, -0.15) is 5.10 Å². The summed E-state index contributed by atoms with van der Waals surface area (Å²) in [5.74, 6) is 0.667. The molecule has 0 unspecified atom stereocenters. The highest BCUT2D eigenvalue weighted by Gasteiger charge is 2.13. The van der Waals surface area contributed by atoms with Crippen molar-refractivity contribution in [1.29, 1.82) is 0 Å². The minimum Gasteiger partial charge on any atom is -0.454 e. The fourth-order valence-electron chi connectivity index (χ4n) is 2.84. The number of non-ortho nitro benzene ring substituents is 1. The number of nitro groups is 1. The first-order chi connectivity index (χ1) is 14.5. The Kier molecular flexibility index (Phi) is 5.40. The first kappa shape index (κ1) is 19.5. The van der Waals surface area contributed by atoms with Crippen LogP contribution in [0.15, 0.2) is 86.6 Å². The van der Waals surface area contributed by atoms with Crippen LogP contribution in [-0.4, -0.2) is 22.4 Å². The fraction of sp³-hybridized carbons (Fsp3) is 0.0909. The summed E-state index contributed by atoms with van der Waals surface area (Å²) in [6, 6.07) is 16.0. The third kappa shape index (κ3) is 4.13. The summed E-state index contributed by atoms with van der Waals surface area (Å²) < 4.78 is 7.68. The maximum absolute atomic E-state index is 11.0. The summed E-state index contributed by atoms with van der Waals surface area (Å²) in [5.41, 5.74) is 3.10. The molecular weight excluding hydrogens is 400 g/mol. The summed E-state index contributed by atoms with van der Waals surface area (Å²) in [5, 5.41) is 18.5. The number of para-hydroxylation sites is 1. The summed E-state index contributed by atoms with van der Waals surface area (Å²) in [6.07, 6.45) is 1.58. The second-order valence-electron chi connectivity index (χ2n) is 6.73. The van der Waals surface area contributed by atoms with Gasteiger partial charge in [0.05, 0.1) is 17.7 Å². The van der Waals surface area contributed by atoms with Crippen molar-refractivity contribution in [2.75, 3.05) is 6.54 Å². The highest BCUT2D eigenvalue weighted by molar-refractivity contribution is 7.07. The van der Waals surface area contributed by atoms with Gasteiger partial charge in [-0.05, 0) is 19.1 Å². The van der Waals surface area contributed by atoms with Crippen LogP contribution >= 0.6 is 11.3 Å². The average Bonchev–Trinajstić information content (AvgIpc) is 3.34. The van der Waals surface area contributed by atoms with Gasteiger partial charge in [0.15, 0.2) is 5.76 Å². The Labute approximate surface area is 176 Å². The molecule has 0 spiro atoms. The lowest BCUT2D eigenvalue weighted by Crippen LogP contribution is -2.12. The topological polar surface area (TPSA) is 85.9 Å². The second kappa shape index (κ2) is 8.30. The van der Waals surface area contributed by atoms with Crippen molar-refractivity contribution >= 4 is 34.2 Å². The van der Waals surface area contributed by atoms with Gasteiger partial charge in [0.1, 0.15) is 11.3 Å². The number of nitrogens with zero attached hydrogens (tertiary/aromatic N) is 4. The number of hydrogen-bond acceptors (Lipinski definition) is 6. The molecule has 0 saturated carbocycles. The van der Waals surface area contributed by atoms with Crippen molar-refractivity contribution in [3.8, 4) is 11.5 Å². The van der Waals surface area contributed by atoms with E-state index in [4.69, 9.17) is 4.42 Å². The average molecular weight is 418 g/mol. The van der Waals surface area contributed by atoms with Crippen LogP contribution in [0.5, 0.6) is 0 Å². The lowest BCUT2D eigenvalue weighted by Gasteiger charge is -2.01. The molecule has 0 aliphatic rings. The Morgan fingerprint density at radius 1 is 1.27 bits per heavy atom. The van der Waals surface area contributed by atoms with E-state index in [2.05, 4.69) is 16.7 Å². The van der Waals surface area contributed by atoms with Gasteiger partial charge >= 0.3 is 0 Å². The van der Waals surface area contributed by atoms with E-state index in [1.165, 1.54) is 23.5 Å². The zero-order valence-electron chi connectivity index (χ0n) is 16.2. The number of fused-ring (bicyclic) bond motifs is 1. The Morgan fingerprint density at radius 3 is 2.87 bits per heavy atom. The van der Waals surface area contributed by atoms with E-state index >= 15 is 0 Å². The monoisotopic (exact) mass is 418 g/mol. The minimum atomic E-state index is -0.428. The third-order valence-electron chi connectivity index (χ3n) is 4.25. The van der Waals surface area contributed by atoms with Crippen molar-refractivity contribution < 1.29 is 9.34 Å². The number of furan rings is 1. The molecule has 0 bridgehead atoms. The molecule has 2 heterocycles. The molecule has 2 aromatic carbocycles. The second-order valence-corrected chi connectivity index (χ2v) is 7.57. The van der Waals surface area contributed by atoms with Crippen LogP contribution in [0.25, 0.3) is 22.4 Å². The molecule has 7 nitrogen and oxygen atoms in total. The minimum absolute atomic E-state index is 0.0129. The van der Waals surface area contributed by atoms with Crippen LogP contribution in [0.1, 0.15) is 12.5 Å². The van der Waals surface area contributed by atoms with Crippen molar-refractivity contribution in [2.45, 2.75) is 6.92 Å². The van der Waals surface area contributed by atoms with Gasteiger partial charge < -0.3 is 4.42 Å². The number of nitro benzene ring substituents is 1. The number of benzene rings is 2. The molecule has 0 radical (unpaired) electrons. The van der Waals surface area contributed by atoms with E-state index < -0.39 is 4.92 Å². The van der Waals surface area contributed by atoms with E-state index in [0.717, 1.165) is 22.2 Å². The number of rotatable bonds is 6. The molecule has 8 heteroatoms. The molecule has 0 fully saturated rings. The Hall–Kier alpha value is -3.78. The van der Waals surface area contributed by atoms with Crippen LogP contribution in [0.4, 0.5) is 5.69 Å². The van der Waals surface area contributed by atoms with Gasteiger partial charge in [0, 0.05) is 28.5 Å². The van der Waals surface area contributed by atoms with Gasteiger partial charge in [-0.15, -0.1) is 11.3 Å². The van der Waals surface area contributed by atoms with E-state index in [0.29, 0.717) is 22.7 Å². The molecule has 0 aliphatic heterocycles. The van der Waals surface area contributed by atoms with E-state index in [1.54, 1.807) is 23.0 Å². The van der Waals surface area contributed by atoms with Crippen molar-refractivity contribution in [1.82, 2.24) is 4.68 Å². The highest BCUT2D eigenvalue weighted by atomic mass is 32.1. The van der Waals surface area contributed by atoms with E-state index in [1.807, 2.05) is 42.6 Å². The van der Waals surface area contributed by atoms with Crippen molar-refractivity contribution in [2.24, 2.45) is 10.1 Å². The summed E-state index contributed by atoms with van der Waals surface area (Å²) in [7, 11) is 0. The molecule has 0 atom stereocenters. The smallest absolute Gasteiger partial charge is 0.270 e. The predicted octanol–water partition coefficient (Wildman–Crippen LogP) is 5.23. The van der Waals surface area contributed by atoms with Gasteiger partial charge in [-0.1, -0.05) is 42.5 Å². The van der Waals surface area contributed by atoms with Gasteiger partial charge in [0.25, 0.3) is 5.69 Å². The first-order valence-corrected chi connectivity index (χ1v) is 10.0. The maximum Gasteiger partial charge on any atom is 0.270 e. The molecule has 4 rings (SSSR count). The summed E-state index contributed by atoms with van der Waals surface area (Å²) in [6.45, 7) is 6.28. The van der Waals surface area contributed by atoms with Crippen LogP contribution < -0.4 is 4.80 Å². The van der Waals surface area contributed by atoms with Crippen LogP contribution in [0, 0.1) is 10.1 Å². The van der Waals surface area contributed by atoms with Crippen LogP contribution in [0.2, 0.25) is 0 Å². The zero-order chi connectivity index (χ0) is 21.1. The normalized spacial score (nSPS) is 12.1. The molecule has 0 amide bonds. The number of aromatic nitrogens is 1. The maximum atomic E-state index is 11.0. The van der Waals surface area contributed by atoms with Gasteiger partial charge in [-0.25, -0.2) is 4.68 Å². The number of hydrogen-bond donors (Lipinski definition) is 0. The molecule has 30 heavy (non-hydrogen) atoms. The Bertz CT molecular complexity index is 1310. The van der Waals surface area contributed by atoms with Crippen LogP contribution in [0.3, 0.4) is 0 Å². The fourth-order valence-corrected chi connectivity index (χ4v) is 3.66. The van der Waals surface area contributed by atoms with Crippen LogP contribution in [-0.2, 0) is 0 Å². The standard InChI is InChI=1S/C22H18N4O3S/c1-15(2)12-23-22-25(24-13-16-6-5-8-18(10-16)26(27)28)19(14-30-22)21-11-17-7-3-4-9-20(17)29-21/h3-11,13-14H,1,12H2,2H3. The number of thiazole rings is 1. The molecule has 2 aromatic heterocycles. The Balaban J connectivity index is 1.80. The third-order valence-corrected chi connectivity index (χ3v) is 5.10. The quantitative estimate of drug-likeness (QED) is 0.186. The van der Waals surface area contributed by atoms with Crippen molar-refractivity contribution in [3.63, 3.8) is 0 Å².